The predicted molar refractivity (Wildman–Crippen MR) is 87.4 cm³/mol. The number of hydrogen-bond donors (Lipinski definition) is 1. The van der Waals surface area contributed by atoms with E-state index in [4.69, 9.17) is 10.5 Å². The van der Waals surface area contributed by atoms with Crippen molar-refractivity contribution in [2.24, 2.45) is 0 Å². The van der Waals surface area contributed by atoms with Gasteiger partial charge in [-0.15, -0.1) is 6.58 Å². The van der Waals surface area contributed by atoms with E-state index in [1.54, 1.807) is 0 Å². The number of nitrogens with zero attached hydrogens (tertiary/aromatic N) is 2. The Balaban J connectivity index is 2.39. The van der Waals surface area contributed by atoms with Crippen molar-refractivity contribution in [1.82, 2.24) is 9.55 Å². The number of aromatic nitrogens is 2. The summed E-state index contributed by atoms with van der Waals surface area (Å²) in [5.41, 5.74) is 8.06. The van der Waals surface area contributed by atoms with Gasteiger partial charge in [-0.05, 0) is 18.6 Å². The first-order valence-corrected chi connectivity index (χ1v) is 7.40. The van der Waals surface area contributed by atoms with Crippen LogP contribution in [0.5, 0.6) is 5.75 Å². The van der Waals surface area contributed by atoms with Crippen LogP contribution in [-0.2, 0) is 13.0 Å². The highest BCUT2D eigenvalue weighted by molar-refractivity contribution is 5.72. The van der Waals surface area contributed by atoms with Gasteiger partial charge in [0.05, 0.1) is 6.61 Å². The zero-order chi connectivity index (χ0) is 15.2. The molecule has 0 amide bonds. The monoisotopic (exact) mass is 285 g/mol. The lowest BCUT2D eigenvalue weighted by Crippen LogP contribution is -2.05. The number of rotatable bonds is 7. The molecule has 0 bridgehead atoms. The van der Waals surface area contributed by atoms with Gasteiger partial charge in [0.2, 0.25) is 0 Å². The van der Waals surface area contributed by atoms with Crippen LogP contribution < -0.4 is 10.5 Å². The molecule has 0 aliphatic rings. The van der Waals surface area contributed by atoms with Crippen molar-refractivity contribution in [2.75, 3.05) is 12.3 Å². The molecule has 2 N–H and O–H groups in total. The summed E-state index contributed by atoms with van der Waals surface area (Å²) >= 11 is 0. The van der Waals surface area contributed by atoms with Gasteiger partial charge < -0.3 is 15.0 Å². The topological polar surface area (TPSA) is 53.1 Å². The third kappa shape index (κ3) is 3.27. The van der Waals surface area contributed by atoms with Gasteiger partial charge in [-0.3, -0.25) is 0 Å². The van der Waals surface area contributed by atoms with Crippen LogP contribution in [0.15, 0.2) is 36.9 Å². The van der Waals surface area contributed by atoms with E-state index in [2.05, 4.69) is 25.4 Å². The molecule has 0 spiro atoms. The van der Waals surface area contributed by atoms with Gasteiger partial charge in [0.25, 0.3) is 0 Å². The van der Waals surface area contributed by atoms with E-state index in [1.165, 1.54) is 0 Å². The number of nitrogen functional groups attached to an aromatic ring is 1. The zero-order valence-corrected chi connectivity index (χ0v) is 12.8. The Morgan fingerprint density at radius 1 is 1.38 bits per heavy atom. The Morgan fingerprint density at radius 3 is 2.86 bits per heavy atom. The van der Waals surface area contributed by atoms with Gasteiger partial charge >= 0.3 is 0 Å². The number of nitrogens with two attached hydrogens (primary N) is 1. The molecule has 0 saturated carbocycles. The highest BCUT2D eigenvalue weighted by Gasteiger charge is 2.14. The van der Waals surface area contributed by atoms with Crippen molar-refractivity contribution in [3.05, 3.63) is 42.7 Å². The first kappa shape index (κ1) is 15.2. The van der Waals surface area contributed by atoms with Crippen LogP contribution in [-0.4, -0.2) is 16.2 Å². The van der Waals surface area contributed by atoms with Crippen LogP contribution >= 0.6 is 0 Å². The average molecular weight is 285 g/mol. The Kier molecular flexibility index (Phi) is 5.04. The second-order valence-electron chi connectivity index (χ2n) is 4.89. The second-order valence-corrected chi connectivity index (χ2v) is 4.89. The number of imidazole rings is 1. The van der Waals surface area contributed by atoms with Crippen LogP contribution in [0.1, 0.15) is 26.1 Å². The molecule has 1 aromatic carbocycles. The molecule has 0 atom stereocenters. The lowest BCUT2D eigenvalue weighted by molar-refractivity contribution is 0.317. The van der Waals surface area contributed by atoms with Crippen molar-refractivity contribution in [3.63, 3.8) is 0 Å². The van der Waals surface area contributed by atoms with Crippen LogP contribution in [0.2, 0.25) is 0 Å². The summed E-state index contributed by atoms with van der Waals surface area (Å²) in [6.45, 7) is 9.33. The molecule has 2 aromatic rings. The van der Waals surface area contributed by atoms with Gasteiger partial charge in [-0.25, -0.2) is 4.98 Å². The molecular formula is C17H23N3O. The zero-order valence-electron chi connectivity index (χ0n) is 12.8. The van der Waals surface area contributed by atoms with E-state index in [1.807, 2.05) is 34.9 Å². The number of allylic oxidation sites excluding steroid dienone is 1. The highest BCUT2D eigenvalue weighted by Crippen LogP contribution is 2.29. The van der Waals surface area contributed by atoms with E-state index in [-0.39, 0.29) is 0 Å². The van der Waals surface area contributed by atoms with E-state index in [9.17, 15) is 0 Å². The maximum Gasteiger partial charge on any atom is 0.132 e. The molecule has 0 saturated heterocycles. The summed E-state index contributed by atoms with van der Waals surface area (Å²) in [5, 5.41) is 0. The molecule has 0 fully saturated rings. The normalized spacial score (nSPS) is 10.6. The minimum atomic E-state index is 0.675. The number of hydrogen-bond acceptors (Lipinski definition) is 3. The fourth-order valence-corrected chi connectivity index (χ4v) is 2.28. The van der Waals surface area contributed by atoms with Crippen LogP contribution in [0, 0.1) is 0 Å². The SMILES string of the molecule is C=CCn1c(CC)nc(-c2cccc(OCCC)c2)c1N. The van der Waals surface area contributed by atoms with Crippen molar-refractivity contribution >= 4 is 5.82 Å². The molecule has 4 heteroatoms. The fourth-order valence-electron chi connectivity index (χ4n) is 2.28. The minimum Gasteiger partial charge on any atom is -0.494 e. The Hall–Kier alpha value is -2.23. The number of benzene rings is 1. The molecule has 21 heavy (non-hydrogen) atoms. The molecule has 0 unspecified atom stereocenters. The van der Waals surface area contributed by atoms with Crippen LogP contribution in [0.25, 0.3) is 11.3 Å². The van der Waals surface area contributed by atoms with E-state index >= 15 is 0 Å². The van der Waals surface area contributed by atoms with Gasteiger partial charge in [-0.2, -0.15) is 0 Å². The Morgan fingerprint density at radius 2 is 2.19 bits per heavy atom. The fraction of sp³-hybridized carbons (Fsp3) is 0.353. The van der Waals surface area contributed by atoms with Gasteiger partial charge in [0.1, 0.15) is 23.1 Å². The summed E-state index contributed by atoms with van der Waals surface area (Å²) in [7, 11) is 0. The lowest BCUT2D eigenvalue weighted by atomic mass is 10.1. The first-order valence-electron chi connectivity index (χ1n) is 7.40. The molecule has 1 aromatic heterocycles. The Bertz CT molecular complexity index is 616. The summed E-state index contributed by atoms with van der Waals surface area (Å²) in [6.07, 6.45) is 3.66. The molecule has 0 radical (unpaired) electrons. The molecule has 112 valence electrons. The Labute approximate surface area is 126 Å². The molecule has 1 heterocycles. The van der Waals surface area contributed by atoms with Crippen LogP contribution in [0.3, 0.4) is 0 Å². The molecule has 2 rings (SSSR count). The molecular weight excluding hydrogens is 262 g/mol. The van der Waals surface area contributed by atoms with E-state index in [0.29, 0.717) is 19.0 Å². The van der Waals surface area contributed by atoms with Crippen molar-refractivity contribution in [2.45, 2.75) is 33.2 Å². The predicted octanol–water partition coefficient (Wildman–Crippen LogP) is 3.67. The van der Waals surface area contributed by atoms with E-state index < -0.39 is 0 Å². The summed E-state index contributed by atoms with van der Waals surface area (Å²) < 4.78 is 7.68. The smallest absolute Gasteiger partial charge is 0.132 e. The van der Waals surface area contributed by atoms with Crippen molar-refractivity contribution in [1.29, 1.82) is 0 Å². The third-order valence-corrected chi connectivity index (χ3v) is 3.29. The molecule has 0 aliphatic carbocycles. The third-order valence-electron chi connectivity index (χ3n) is 3.29. The molecule has 4 nitrogen and oxygen atoms in total. The summed E-state index contributed by atoms with van der Waals surface area (Å²) in [5.74, 6) is 2.51. The minimum absolute atomic E-state index is 0.675. The number of ether oxygens (including phenoxy) is 1. The van der Waals surface area contributed by atoms with Gasteiger partial charge in [0.15, 0.2) is 0 Å². The van der Waals surface area contributed by atoms with Crippen molar-refractivity contribution < 1.29 is 4.74 Å². The quantitative estimate of drug-likeness (QED) is 0.790. The van der Waals surface area contributed by atoms with Gasteiger partial charge in [-0.1, -0.05) is 32.1 Å². The summed E-state index contributed by atoms with van der Waals surface area (Å²) in [4.78, 5) is 4.67. The average Bonchev–Trinajstić information content (AvgIpc) is 2.83. The highest BCUT2D eigenvalue weighted by atomic mass is 16.5. The lowest BCUT2D eigenvalue weighted by Gasteiger charge is -2.07. The largest absolute Gasteiger partial charge is 0.494 e. The van der Waals surface area contributed by atoms with E-state index in [0.717, 1.165) is 35.7 Å². The maximum absolute atomic E-state index is 6.26. The summed E-state index contributed by atoms with van der Waals surface area (Å²) in [6, 6.07) is 7.93. The number of anilines is 1. The standard InChI is InChI=1S/C17H23N3O/c1-4-10-20-15(6-3)19-16(17(20)18)13-8-7-9-14(12-13)21-11-5-2/h4,7-9,12H,1,5-6,10-11,18H2,2-3H3. The van der Waals surface area contributed by atoms with Gasteiger partial charge in [0, 0.05) is 18.5 Å². The van der Waals surface area contributed by atoms with Crippen molar-refractivity contribution in [3.8, 4) is 17.0 Å². The van der Waals surface area contributed by atoms with Crippen LogP contribution in [0.4, 0.5) is 5.82 Å². The second kappa shape index (κ2) is 6.97. The number of aryl methyl sites for hydroxylation is 1. The molecule has 0 aliphatic heterocycles. The first-order chi connectivity index (χ1) is 10.2. The maximum atomic E-state index is 6.26.